The minimum absolute atomic E-state index is 0.115. The number of carbonyl (C=O) groups is 2. The predicted octanol–water partition coefficient (Wildman–Crippen LogP) is 3.92. The Bertz CT molecular complexity index is 852. The topological polar surface area (TPSA) is 84.2 Å². The largest absolute Gasteiger partial charge is 0.459 e. The van der Waals surface area contributed by atoms with Gasteiger partial charge in [0.15, 0.2) is 10.9 Å². The molecule has 3 aromatic rings. The zero-order chi connectivity index (χ0) is 17.6. The molecule has 130 valence electrons. The number of aromatic nitrogens is 1. The Morgan fingerprint density at radius 3 is 2.88 bits per heavy atom. The summed E-state index contributed by atoms with van der Waals surface area (Å²) in [7, 11) is 0. The number of hydrogen-bond acceptors (Lipinski definition) is 6. The van der Waals surface area contributed by atoms with Gasteiger partial charge in [-0.25, -0.2) is 4.98 Å². The molecule has 0 fully saturated rings. The monoisotopic (exact) mass is 375 g/mol. The number of nitrogens with zero attached hydrogens (tertiary/aromatic N) is 1. The molecule has 0 saturated heterocycles. The average Bonchev–Trinajstić information content (AvgIpc) is 3.32. The Morgan fingerprint density at radius 1 is 1.28 bits per heavy atom. The van der Waals surface area contributed by atoms with Gasteiger partial charge in [0.2, 0.25) is 5.91 Å². The molecule has 0 aliphatic heterocycles. The van der Waals surface area contributed by atoms with Crippen LogP contribution in [-0.4, -0.2) is 23.3 Å². The van der Waals surface area contributed by atoms with Crippen LogP contribution in [0, 0.1) is 6.92 Å². The molecule has 0 saturated carbocycles. The number of thiazole rings is 1. The predicted molar refractivity (Wildman–Crippen MR) is 99.1 cm³/mol. The van der Waals surface area contributed by atoms with E-state index in [1.807, 2.05) is 18.4 Å². The molecule has 3 heterocycles. The molecule has 0 aliphatic carbocycles. The van der Waals surface area contributed by atoms with Crippen LogP contribution >= 0.6 is 22.7 Å². The van der Waals surface area contributed by atoms with Gasteiger partial charge in [0.1, 0.15) is 0 Å². The highest BCUT2D eigenvalue weighted by Gasteiger charge is 2.10. The van der Waals surface area contributed by atoms with Crippen LogP contribution in [0.5, 0.6) is 0 Å². The van der Waals surface area contributed by atoms with Crippen LogP contribution in [0.4, 0.5) is 5.13 Å². The first kappa shape index (κ1) is 17.4. The van der Waals surface area contributed by atoms with Crippen LogP contribution < -0.4 is 10.6 Å². The van der Waals surface area contributed by atoms with Gasteiger partial charge in [-0.1, -0.05) is 0 Å². The fraction of sp³-hybridized carbons (Fsp3) is 0.235. The number of amides is 2. The first-order valence-electron chi connectivity index (χ1n) is 7.76. The molecule has 0 atom stereocenters. The fourth-order valence-electron chi connectivity index (χ4n) is 2.14. The van der Waals surface area contributed by atoms with E-state index < -0.39 is 0 Å². The number of thiophene rings is 1. The van der Waals surface area contributed by atoms with Crippen molar-refractivity contribution in [1.82, 2.24) is 10.3 Å². The number of rotatable bonds is 7. The number of nitrogens with one attached hydrogen (secondary N) is 2. The normalized spacial score (nSPS) is 10.6. The molecule has 2 amide bonds. The van der Waals surface area contributed by atoms with Crippen molar-refractivity contribution in [3.63, 3.8) is 0 Å². The van der Waals surface area contributed by atoms with Crippen LogP contribution in [0.25, 0.3) is 10.6 Å². The highest BCUT2D eigenvalue weighted by atomic mass is 32.1. The van der Waals surface area contributed by atoms with Gasteiger partial charge in [-0.2, -0.15) is 0 Å². The second-order valence-electron chi connectivity index (χ2n) is 5.33. The molecular formula is C17H17N3O3S2. The summed E-state index contributed by atoms with van der Waals surface area (Å²) in [4.78, 5) is 30.4. The SMILES string of the molecule is Cc1ccc(-c2csc(NC(=O)CCCNC(=O)c3ccco3)n2)s1. The van der Waals surface area contributed by atoms with Gasteiger partial charge < -0.3 is 15.1 Å². The summed E-state index contributed by atoms with van der Waals surface area (Å²) in [5, 5.41) is 8.03. The molecule has 6 nitrogen and oxygen atoms in total. The average molecular weight is 375 g/mol. The van der Waals surface area contributed by atoms with Gasteiger partial charge in [-0.05, 0) is 37.6 Å². The number of aryl methyl sites for hydroxylation is 1. The fourth-order valence-corrected chi connectivity index (χ4v) is 3.77. The van der Waals surface area contributed by atoms with Crippen molar-refractivity contribution >= 4 is 39.6 Å². The summed E-state index contributed by atoms with van der Waals surface area (Å²) < 4.78 is 5.00. The van der Waals surface area contributed by atoms with Gasteiger partial charge in [-0.3, -0.25) is 9.59 Å². The lowest BCUT2D eigenvalue weighted by Gasteiger charge is -2.03. The Kier molecular flexibility index (Phi) is 5.62. The van der Waals surface area contributed by atoms with Gasteiger partial charge in [0.05, 0.1) is 16.8 Å². The van der Waals surface area contributed by atoms with Gasteiger partial charge >= 0.3 is 0 Å². The van der Waals surface area contributed by atoms with E-state index in [0.29, 0.717) is 24.5 Å². The summed E-state index contributed by atoms with van der Waals surface area (Å²) in [6.07, 6.45) is 2.30. The standard InChI is InChI=1S/C17H17N3O3S2/c1-11-6-7-14(25-11)12-10-24-17(19-12)20-15(21)5-2-8-18-16(22)13-4-3-9-23-13/h3-4,6-7,9-10H,2,5,8H2,1H3,(H,18,22)(H,19,20,21). The molecule has 3 rings (SSSR count). The minimum atomic E-state index is -0.277. The van der Waals surface area contributed by atoms with Crippen molar-refractivity contribution in [2.75, 3.05) is 11.9 Å². The molecule has 0 aromatic carbocycles. The second-order valence-corrected chi connectivity index (χ2v) is 7.48. The maximum atomic E-state index is 12.0. The highest BCUT2D eigenvalue weighted by molar-refractivity contribution is 7.17. The molecule has 0 spiro atoms. The van der Waals surface area contributed by atoms with Crippen LogP contribution in [-0.2, 0) is 4.79 Å². The first-order valence-corrected chi connectivity index (χ1v) is 9.45. The Morgan fingerprint density at radius 2 is 2.16 bits per heavy atom. The lowest BCUT2D eigenvalue weighted by Crippen LogP contribution is -2.25. The third kappa shape index (κ3) is 4.77. The van der Waals surface area contributed by atoms with Crippen molar-refractivity contribution in [2.45, 2.75) is 19.8 Å². The molecule has 0 unspecified atom stereocenters. The van der Waals surface area contributed by atoms with Gasteiger partial charge in [-0.15, -0.1) is 22.7 Å². The third-order valence-electron chi connectivity index (χ3n) is 3.35. The van der Waals surface area contributed by atoms with E-state index in [0.717, 1.165) is 10.6 Å². The molecule has 0 bridgehead atoms. The van der Waals surface area contributed by atoms with E-state index in [9.17, 15) is 9.59 Å². The highest BCUT2D eigenvalue weighted by Crippen LogP contribution is 2.30. The maximum absolute atomic E-state index is 12.0. The Balaban J connectivity index is 1.41. The molecule has 25 heavy (non-hydrogen) atoms. The number of hydrogen-bond donors (Lipinski definition) is 2. The van der Waals surface area contributed by atoms with E-state index in [4.69, 9.17) is 4.42 Å². The molecular weight excluding hydrogens is 358 g/mol. The van der Waals surface area contributed by atoms with Crippen LogP contribution in [0.1, 0.15) is 28.3 Å². The lowest BCUT2D eigenvalue weighted by atomic mass is 10.3. The number of furan rings is 1. The van der Waals surface area contributed by atoms with Gasteiger partial charge in [0.25, 0.3) is 5.91 Å². The smallest absolute Gasteiger partial charge is 0.286 e. The van der Waals surface area contributed by atoms with Crippen molar-refractivity contribution in [3.8, 4) is 10.6 Å². The zero-order valence-electron chi connectivity index (χ0n) is 13.6. The minimum Gasteiger partial charge on any atom is -0.459 e. The van der Waals surface area contributed by atoms with E-state index in [1.54, 1.807) is 23.5 Å². The lowest BCUT2D eigenvalue weighted by molar-refractivity contribution is -0.116. The molecule has 0 aliphatic rings. The van der Waals surface area contributed by atoms with Gasteiger partial charge in [0, 0.05) is 23.2 Å². The number of anilines is 1. The Labute approximate surface area is 152 Å². The third-order valence-corrected chi connectivity index (χ3v) is 5.14. The number of carbonyl (C=O) groups excluding carboxylic acids is 2. The molecule has 0 radical (unpaired) electrons. The summed E-state index contributed by atoms with van der Waals surface area (Å²) >= 11 is 3.08. The molecule has 8 heteroatoms. The molecule has 3 aromatic heterocycles. The van der Waals surface area contributed by atoms with E-state index >= 15 is 0 Å². The first-order chi connectivity index (χ1) is 12.1. The Hall–Kier alpha value is -2.45. The summed E-state index contributed by atoms with van der Waals surface area (Å²) in [5.41, 5.74) is 0.879. The quantitative estimate of drug-likeness (QED) is 0.613. The van der Waals surface area contributed by atoms with Crippen LogP contribution in [0.15, 0.2) is 40.3 Å². The van der Waals surface area contributed by atoms with Crippen LogP contribution in [0.3, 0.4) is 0 Å². The van der Waals surface area contributed by atoms with Crippen molar-refractivity contribution in [3.05, 3.63) is 46.5 Å². The summed E-state index contributed by atoms with van der Waals surface area (Å²) in [5.74, 6) is -0.125. The maximum Gasteiger partial charge on any atom is 0.286 e. The van der Waals surface area contributed by atoms with Crippen molar-refractivity contribution < 1.29 is 14.0 Å². The van der Waals surface area contributed by atoms with E-state index in [1.165, 1.54) is 22.5 Å². The van der Waals surface area contributed by atoms with Crippen molar-refractivity contribution in [2.24, 2.45) is 0 Å². The summed E-state index contributed by atoms with van der Waals surface area (Å²) in [6.45, 7) is 2.46. The summed E-state index contributed by atoms with van der Waals surface area (Å²) in [6, 6.07) is 7.33. The van der Waals surface area contributed by atoms with Crippen molar-refractivity contribution in [1.29, 1.82) is 0 Å². The molecule has 2 N–H and O–H groups in total. The van der Waals surface area contributed by atoms with Crippen LogP contribution in [0.2, 0.25) is 0 Å². The van der Waals surface area contributed by atoms with E-state index in [-0.39, 0.29) is 17.6 Å². The second kappa shape index (κ2) is 8.09. The van der Waals surface area contributed by atoms with E-state index in [2.05, 4.69) is 21.7 Å². The zero-order valence-corrected chi connectivity index (χ0v) is 15.2.